The van der Waals surface area contributed by atoms with Crippen LogP contribution in [-0.4, -0.2) is 39.3 Å². The normalized spacial score (nSPS) is 23.9. The van der Waals surface area contributed by atoms with Crippen molar-refractivity contribution in [2.45, 2.75) is 51.2 Å². The molecule has 1 aliphatic rings. The van der Waals surface area contributed by atoms with Gasteiger partial charge >= 0.3 is 5.97 Å². The van der Waals surface area contributed by atoms with Gasteiger partial charge in [-0.15, -0.1) is 0 Å². The Morgan fingerprint density at radius 3 is 2.64 bits per heavy atom. The number of benzene rings is 1. The Morgan fingerprint density at radius 2 is 1.91 bits per heavy atom. The number of aromatic hydroxyl groups is 2. The van der Waals surface area contributed by atoms with Crippen LogP contribution < -0.4 is 0 Å². The Bertz CT molecular complexity index is 580. The number of phenolic OH excluding ortho intramolecular Hbond substituents is 2. The minimum Gasteiger partial charge on any atom is -0.508 e. The molecule has 2 rings (SSSR count). The molecule has 0 amide bonds. The summed E-state index contributed by atoms with van der Waals surface area (Å²) in [6.07, 6.45) is 0.394. The fourth-order valence-electron chi connectivity index (χ4n) is 2.64. The van der Waals surface area contributed by atoms with Crippen molar-refractivity contribution in [1.82, 2.24) is 0 Å². The van der Waals surface area contributed by atoms with Crippen LogP contribution in [0.15, 0.2) is 12.1 Å². The Hall–Kier alpha value is -2.08. The summed E-state index contributed by atoms with van der Waals surface area (Å²) in [4.78, 5) is 24.2. The van der Waals surface area contributed by atoms with Crippen LogP contribution in [0, 0.1) is 0 Å². The molecule has 0 fully saturated rings. The fourth-order valence-corrected chi connectivity index (χ4v) is 2.64. The Kier molecular flexibility index (Phi) is 5.03. The summed E-state index contributed by atoms with van der Waals surface area (Å²) in [6.45, 7) is 1.73. The minimum atomic E-state index is -0.732. The highest BCUT2D eigenvalue weighted by Gasteiger charge is 2.24. The van der Waals surface area contributed by atoms with Crippen LogP contribution in [0.4, 0.5) is 0 Å². The highest BCUT2D eigenvalue weighted by Crippen LogP contribution is 2.29. The topological polar surface area (TPSA) is 104 Å². The van der Waals surface area contributed by atoms with Crippen molar-refractivity contribution in [3.63, 3.8) is 0 Å². The van der Waals surface area contributed by atoms with Crippen molar-refractivity contribution >= 4 is 11.8 Å². The molecule has 1 aromatic rings. The molecule has 22 heavy (non-hydrogen) atoms. The lowest BCUT2D eigenvalue weighted by Gasteiger charge is -2.18. The first-order valence-electron chi connectivity index (χ1n) is 7.32. The van der Waals surface area contributed by atoms with E-state index in [0.29, 0.717) is 19.3 Å². The van der Waals surface area contributed by atoms with Crippen molar-refractivity contribution in [2.24, 2.45) is 0 Å². The number of carbonyl (C=O) groups excluding carboxylic acids is 2. The van der Waals surface area contributed by atoms with Gasteiger partial charge in [-0.2, -0.15) is 0 Å². The van der Waals surface area contributed by atoms with Crippen molar-refractivity contribution in [3.05, 3.63) is 23.3 Å². The number of Topliss-reactive ketones (excluding diaryl/α,β-unsaturated/α-hetero) is 1. The van der Waals surface area contributed by atoms with E-state index in [1.807, 2.05) is 0 Å². The van der Waals surface area contributed by atoms with Crippen LogP contribution in [0.3, 0.4) is 0 Å². The molecule has 6 heteroatoms. The molecular weight excluding hydrogens is 288 g/mol. The van der Waals surface area contributed by atoms with Crippen LogP contribution in [0.25, 0.3) is 0 Å². The first kappa shape index (κ1) is 16.3. The van der Waals surface area contributed by atoms with Gasteiger partial charge in [-0.1, -0.05) is 0 Å². The summed E-state index contributed by atoms with van der Waals surface area (Å²) >= 11 is 0. The van der Waals surface area contributed by atoms with Gasteiger partial charge in [-0.05, 0) is 37.8 Å². The van der Waals surface area contributed by atoms with Gasteiger partial charge in [-0.25, -0.2) is 4.79 Å². The van der Waals surface area contributed by atoms with E-state index in [1.54, 1.807) is 6.92 Å². The van der Waals surface area contributed by atoms with Gasteiger partial charge in [-0.3, -0.25) is 4.79 Å². The SMILES string of the molecule is C[C@H]1CCC[C@@H](O)CC(=O)Cc2cc(O)cc(O)c2C(=O)O1. The first-order chi connectivity index (χ1) is 10.4. The molecule has 3 N–H and O–H groups in total. The molecule has 0 unspecified atom stereocenters. The van der Waals surface area contributed by atoms with E-state index >= 15 is 0 Å². The number of hydrogen-bond donors (Lipinski definition) is 3. The van der Waals surface area contributed by atoms with Gasteiger partial charge in [0.2, 0.25) is 0 Å². The molecule has 6 nitrogen and oxygen atoms in total. The Morgan fingerprint density at radius 1 is 1.18 bits per heavy atom. The van der Waals surface area contributed by atoms with Crippen LogP contribution >= 0.6 is 0 Å². The van der Waals surface area contributed by atoms with Crippen LogP contribution in [0.5, 0.6) is 11.5 Å². The number of aliphatic hydroxyl groups is 1. The molecule has 0 saturated heterocycles. The maximum absolute atomic E-state index is 12.2. The number of esters is 1. The second-order valence-electron chi connectivity index (χ2n) is 5.72. The van der Waals surface area contributed by atoms with Gasteiger partial charge in [0.25, 0.3) is 0 Å². The number of cyclic esters (lactones) is 1. The Balaban J connectivity index is 2.40. The Labute approximate surface area is 128 Å². The molecule has 0 radical (unpaired) electrons. The second kappa shape index (κ2) is 6.79. The average Bonchev–Trinajstić information content (AvgIpc) is 2.35. The number of rotatable bonds is 0. The summed E-state index contributed by atoms with van der Waals surface area (Å²) in [6, 6.07) is 2.30. The number of hydrogen-bond acceptors (Lipinski definition) is 6. The molecule has 1 aromatic carbocycles. The third kappa shape index (κ3) is 3.98. The van der Waals surface area contributed by atoms with Gasteiger partial charge in [0, 0.05) is 18.9 Å². The summed E-state index contributed by atoms with van der Waals surface area (Å²) in [5.74, 6) is -1.63. The zero-order valence-corrected chi connectivity index (χ0v) is 12.4. The zero-order chi connectivity index (χ0) is 16.3. The number of ketones is 1. The summed E-state index contributed by atoms with van der Waals surface area (Å²) in [7, 11) is 0. The van der Waals surface area contributed by atoms with Crippen molar-refractivity contribution in [2.75, 3.05) is 0 Å². The molecule has 120 valence electrons. The highest BCUT2D eigenvalue weighted by atomic mass is 16.5. The standard InChI is InChI=1S/C16H20O6/c1-9-3-2-4-11(17)7-12(18)5-10-6-13(19)8-14(20)15(10)16(21)22-9/h6,8-9,11,17,19-20H,2-5,7H2,1H3/t9-,11+/m0/s1. The van der Waals surface area contributed by atoms with E-state index < -0.39 is 17.8 Å². The summed E-state index contributed by atoms with van der Waals surface area (Å²) in [5.41, 5.74) is 0.0977. The zero-order valence-electron chi connectivity index (χ0n) is 12.4. The van der Waals surface area contributed by atoms with Crippen molar-refractivity contribution in [1.29, 1.82) is 0 Å². The second-order valence-corrected chi connectivity index (χ2v) is 5.72. The number of aliphatic hydroxyl groups excluding tert-OH is 1. The summed E-state index contributed by atoms with van der Waals surface area (Å²) in [5, 5.41) is 29.3. The van der Waals surface area contributed by atoms with Crippen LogP contribution in [0.2, 0.25) is 0 Å². The summed E-state index contributed by atoms with van der Waals surface area (Å²) < 4.78 is 5.27. The molecule has 0 aromatic heterocycles. The monoisotopic (exact) mass is 308 g/mol. The first-order valence-corrected chi connectivity index (χ1v) is 7.32. The third-order valence-corrected chi connectivity index (χ3v) is 3.70. The average molecular weight is 308 g/mol. The molecular formula is C16H20O6. The van der Waals surface area contributed by atoms with Gasteiger partial charge < -0.3 is 20.1 Å². The largest absolute Gasteiger partial charge is 0.508 e. The van der Waals surface area contributed by atoms with E-state index in [-0.39, 0.29) is 41.6 Å². The predicted molar refractivity (Wildman–Crippen MR) is 77.8 cm³/mol. The minimum absolute atomic E-state index is 0.0146. The lowest BCUT2D eigenvalue weighted by atomic mass is 9.96. The maximum atomic E-state index is 12.2. The van der Waals surface area contributed by atoms with E-state index in [9.17, 15) is 24.9 Å². The quantitative estimate of drug-likeness (QED) is 0.630. The van der Waals surface area contributed by atoms with Gasteiger partial charge in [0.05, 0.1) is 12.2 Å². The molecule has 0 bridgehead atoms. The van der Waals surface area contributed by atoms with E-state index in [2.05, 4.69) is 0 Å². The molecule has 2 atom stereocenters. The third-order valence-electron chi connectivity index (χ3n) is 3.70. The van der Waals surface area contributed by atoms with Gasteiger partial charge in [0.1, 0.15) is 22.8 Å². The van der Waals surface area contributed by atoms with Crippen molar-refractivity contribution < 1.29 is 29.6 Å². The molecule has 1 heterocycles. The van der Waals surface area contributed by atoms with Crippen molar-refractivity contribution in [3.8, 4) is 11.5 Å². The molecule has 0 spiro atoms. The van der Waals surface area contributed by atoms with Gasteiger partial charge in [0.15, 0.2) is 0 Å². The van der Waals surface area contributed by atoms with E-state index in [1.165, 1.54) is 6.07 Å². The van der Waals surface area contributed by atoms with Crippen LogP contribution in [-0.2, 0) is 16.0 Å². The molecule has 1 aliphatic heterocycles. The number of ether oxygens (including phenoxy) is 1. The van der Waals surface area contributed by atoms with E-state index in [0.717, 1.165) is 6.07 Å². The lowest BCUT2D eigenvalue weighted by Crippen LogP contribution is -2.21. The molecule has 0 saturated carbocycles. The fraction of sp³-hybridized carbons (Fsp3) is 0.500. The smallest absolute Gasteiger partial charge is 0.342 e. The number of carbonyl (C=O) groups is 2. The highest BCUT2D eigenvalue weighted by molar-refractivity contribution is 5.96. The predicted octanol–water partition coefficient (Wildman–Crippen LogP) is 1.69. The number of fused-ring (bicyclic) bond motifs is 1. The maximum Gasteiger partial charge on any atom is 0.342 e. The lowest BCUT2D eigenvalue weighted by molar-refractivity contribution is -0.120. The molecule has 0 aliphatic carbocycles. The number of phenols is 2. The van der Waals surface area contributed by atoms with E-state index in [4.69, 9.17) is 4.74 Å². The van der Waals surface area contributed by atoms with Crippen LogP contribution in [0.1, 0.15) is 48.5 Å².